The van der Waals surface area contributed by atoms with Crippen LogP contribution in [0.2, 0.25) is 0 Å². The van der Waals surface area contributed by atoms with Gasteiger partial charge in [-0.3, -0.25) is 18.3 Å². The predicted molar refractivity (Wildman–Crippen MR) is 148 cm³/mol. The highest BCUT2D eigenvalue weighted by Crippen LogP contribution is 2.32. The average Bonchev–Trinajstić information content (AvgIpc) is 3.66. The number of fused-ring (bicyclic) bond motifs is 2. The van der Waals surface area contributed by atoms with Gasteiger partial charge >= 0.3 is 11.8 Å². The smallest absolute Gasteiger partial charge is 0.407 e. The number of imidazole rings is 1. The number of nitrogens with one attached hydrogen (secondary N) is 1. The zero-order valence-corrected chi connectivity index (χ0v) is 22.6. The number of alkyl carbamates (subject to hydrolysis) is 1. The van der Waals surface area contributed by atoms with Crippen molar-refractivity contribution in [2.24, 2.45) is 0 Å². The molecule has 1 amide bonds. The molecule has 1 fully saturated rings. The Bertz CT molecular complexity index is 1640. The van der Waals surface area contributed by atoms with E-state index in [0.717, 1.165) is 23.9 Å². The fraction of sp³-hybridized carbons (Fsp3) is 0.448. The summed E-state index contributed by atoms with van der Waals surface area (Å²) in [7, 11) is 0. The van der Waals surface area contributed by atoms with Gasteiger partial charge in [-0.2, -0.15) is 0 Å². The number of hydrogen-bond acceptors (Lipinski definition) is 5. The van der Waals surface area contributed by atoms with Gasteiger partial charge in [-0.15, -0.1) is 0 Å². The highest BCUT2D eigenvalue weighted by Gasteiger charge is 2.29. The topological polar surface area (TPSA) is 100 Å². The van der Waals surface area contributed by atoms with Crippen LogP contribution in [0.25, 0.3) is 21.9 Å². The molecule has 0 bridgehead atoms. The van der Waals surface area contributed by atoms with E-state index in [1.165, 1.54) is 4.57 Å². The fourth-order valence-electron chi connectivity index (χ4n) is 4.85. The minimum atomic E-state index is -0.592. The number of amides is 1. The molecule has 9 nitrogen and oxygen atoms in total. The molecule has 1 saturated carbocycles. The summed E-state index contributed by atoms with van der Waals surface area (Å²) < 4.78 is 23.3. The van der Waals surface area contributed by atoms with Crippen LogP contribution >= 0.6 is 0 Å². The van der Waals surface area contributed by atoms with Gasteiger partial charge in [0, 0.05) is 19.1 Å². The van der Waals surface area contributed by atoms with E-state index in [9.17, 15) is 18.8 Å². The molecule has 4 aromatic rings. The van der Waals surface area contributed by atoms with Crippen molar-refractivity contribution in [1.29, 1.82) is 0 Å². The van der Waals surface area contributed by atoms with Gasteiger partial charge in [0.05, 0.1) is 35.2 Å². The van der Waals surface area contributed by atoms with Crippen molar-refractivity contribution in [3.63, 3.8) is 0 Å². The number of para-hydroxylation sites is 1. The van der Waals surface area contributed by atoms with Gasteiger partial charge in [0.15, 0.2) is 0 Å². The molecule has 39 heavy (non-hydrogen) atoms. The molecular formula is C29H34FN5O4. The van der Waals surface area contributed by atoms with Crippen LogP contribution in [0.4, 0.5) is 9.18 Å². The number of aromatic nitrogens is 4. The second-order valence-corrected chi connectivity index (χ2v) is 11.0. The Morgan fingerprint density at radius 3 is 2.56 bits per heavy atom. The lowest BCUT2D eigenvalue weighted by molar-refractivity contribution is 0.0523. The van der Waals surface area contributed by atoms with Crippen LogP contribution < -0.4 is 16.6 Å². The van der Waals surface area contributed by atoms with E-state index in [1.54, 1.807) is 43.5 Å². The Morgan fingerprint density at radius 2 is 1.85 bits per heavy atom. The summed E-state index contributed by atoms with van der Waals surface area (Å²) in [5.41, 5.74) is 1.79. The Hall–Kier alpha value is -3.95. The molecular weight excluding hydrogens is 501 g/mol. The first-order valence-electron chi connectivity index (χ1n) is 13.4. The first-order valence-corrected chi connectivity index (χ1v) is 13.4. The van der Waals surface area contributed by atoms with Gasteiger partial charge in [0.25, 0.3) is 5.56 Å². The molecule has 2 heterocycles. The van der Waals surface area contributed by atoms with E-state index in [2.05, 4.69) is 5.32 Å². The third-order valence-corrected chi connectivity index (χ3v) is 6.79. The number of halogens is 1. The van der Waals surface area contributed by atoms with E-state index in [1.807, 2.05) is 28.8 Å². The van der Waals surface area contributed by atoms with Crippen molar-refractivity contribution in [2.75, 3.05) is 6.67 Å². The molecule has 2 aromatic heterocycles. The zero-order chi connectivity index (χ0) is 27.7. The molecule has 1 aliphatic carbocycles. The first kappa shape index (κ1) is 26.6. The molecule has 10 heteroatoms. The molecule has 0 radical (unpaired) electrons. The quantitative estimate of drug-likeness (QED) is 0.314. The molecule has 0 unspecified atom stereocenters. The average molecular weight is 536 g/mol. The second-order valence-electron chi connectivity index (χ2n) is 11.0. The van der Waals surface area contributed by atoms with Crippen LogP contribution in [-0.4, -0.2) is 37.1 Å². The van der Waals surface area contributed by atoms with Gasteiger partial charge in [0.1, 0.15) is 11.4 Å². The Balaban J connectivity index is 1.53. The molecule has 5 rings (SSSR count). The van der Waals surface area contributed by atoms with Crippen LogP contribution in [0.5, 0.6) is 0 Å². The Kier molecular flexibility index (Phi) is 7.29. The summed E-state index contributed by atoms with van der Waals surface area (Å²) >= 11 is 0. The number of hydrogen-bond donors (Lipinski definition) is 1. The first-order chi connectivity index (χ1) is 18.7. The van der Waals surface area contributed by atoms with Crippen molar-refractivity contribution in [3.8, 4) is 0 Å². The summed E-state index contributed by atoms with van der Waals surface area (Å²) in [4.78, 5) is 43.6. The molecule has 1 N–H and O–H groups in total. The Morgan fingerprint density at radius 1 is 1.08 bits per heavy atom. The van der Waals surface area contributed by atoms with Crippen LogP contribution in [0.15, 0.2) is 52.1 Å². The molecule has 2 aromatic carbocycles. The van der Waals surface area contributed by atoms with Crippen LogP contribution in [0.1, 0.15) is 63.9 Å². The normalized spacial score (nSPS) is 13.7. The van der Waals surface area contributed by atoms with Crippen molar-refractivity contribution in [3.05, 3.63) is 74.7 Å². The number of benzene rings is 2. The van der Waals surface area contributed by atoms with Crippen molar-refractivity contribution in [2.45, 2.75) is 77.7 Å². The van der Waals surface area contributed by atoms with Crippen LogP contribution in [0, 0.1) is 0 Å². The number of carbonyl (C=O) groups is 1. The maximum atomic E-state index is 13.6. The third-order valence-electron chi connectivity index (χ3n) is 6.79. The highest BCUT2D eigenvalue weighted by atomic mass is 19.1. The maximum absolute atomic E-state index is 13.6. The van der Waals surface area contributed by atoms with Gasteiger partial charge in [-0.1, -0.05) is 18.2 Å². The fourth-order valence-corrected chi connectivity index (χ4v) is 4.85. The van der Waals surface area contributed by atoms with Crippen molar-refractivity contribution in [1.82, 2.24) is 24.0 Å². The SMILES string of the molecule is CC(C)(C)OC(=O)NCc1ccc2c(c1)nc(Cn1c(=O)n(C3CC3)c(=O)c3ccccc31)n2CCCCF. The highest BCUT2D eigenvalue weighted by molar-refractivity contribution is 5.79. The monoisotopic (exact) mass is 535 g/mol. The predicted octanol–water partition coefficient (Wildman–Crippen LogP) is 4.67. The summed E-state index contributed by atoms with van der Waals surface area (Å²) in [5.74, 6) is 0.648. The molecule has 0 atom stereocenters. The lowest BCUT2D eigenvalue weighted by Gasteiger charge is -2.19. The zero-order valence-electron chi connectivity index (χ0n) is 22.6. The van der Waals surface area contributed by atoms with Crippen LogP contribution in [-0.2, 0) is 24.4 Å². The van der Waals surface area contributed by atoms with Crippen molar-refractivity contribution >= 4 is 28.0 Å². The molecule has 0 saturated heterocycles. The number of rotatable bonds is 9. The minimum Gasteiger partial charge on any atom is -0.444 e. The second kappa shape index (κ2) is 10.7. The summed E-state index contributed by atoms with van der Waals surface area (Å²) in [6, 6.07) is 12.8. The Labute approximate surface area is 225 Å². The number of ether oxygens (including phenoxy) is 1. The van der Waals surface area contributed by atoms with E-state index < -0.39 is 18.4 Å². The van der Waals surface area contributed by atoms with Gasteiger partial charge in [-0.25, -0.2) is 14.6 Å². The maximum Gasteiger partial charge on any atom is 0.407 e. The number of alkyl halides is 1. The largest absolute Gasteiger partial charge is 0.444 e. The standard InChI is InChI=1S/C29H34FN5O4/c1-29(2,3)39-27(37)31-17-19-10-13-24-22(16-19)32-25(33(24)15-7-6-14-30)18-34-23-9-5-4-8-21(23)26(36)35(28(34)38)20-11-12-20/h4-5,8-10,13,16,20H,6-7,11-12,14-15,17-18H2,1-3H3,(H,31,37). The minimum absolute atomic E-state index is 0.0655. The molecule has 0 spiro atoms. The number of carbonyl (C=O) groups excluding carboxylic acids is 1. The lowest BCUT2D eigenvalue weighted by Crippen LogP contribution is -2.40. The van der Waals surface area contributed by atoms with E-state index in [-0.39, 0.29) is 30.4 Å². The van der Waals surface area contributed by atoms with E-state index >= 15 is 0 Å². The molecule has 206 valence electrons. The molecule has 0 aliphatic heterocycles. The lowest BCUT2D eigenvalue weighted by atomic mass is 10.2. The summed E-state index contributed by atoms with van der Waals surface area (Å²) in [5, 5.41) is 3.26. The third kappa shape index (κ3) is 5.74. The molecule has 1 aliphatic rings. The summed E-state index contributed by atoms with van der Waals surface area (Å²) in [6.45, 7) is 6.00. The number of unbranched alkanes of at least 4 members (excludes halogenated alkanes) is 1. The number of aryl methyl sites for hydroxylation is 1. The van der Waals surface area contributed by atoms with E-state index in [4.69, 9.17) is 9.72 Å². The van der Waals surface area contributed by atoms with Gasteiger partial charge in [0.2, 0.25) is 0 Å². The van der Waals surface area contributed by atoms with E-state index in [0.29, 0.717) is 41.6 Å². The van der Waals surface area contributed by atoms with Gasteiger partial charge < -0.3 is 14.6 Å². The number of nitrogens with zero attached hydrogens (tertiary/aromatic N) is 4. The van der Waals surface area contributed by atoms with Crippen LogP contribution in [0.3, 0.4) is 0 Å². The van der Waals surface area contributed by atoms with Gasteiger partial charge in [-0.05, 0) is 76.3 Å². The van der Waals surface area contributed by atoms with Crippen molar-refractivity contribution < 1.29 is 13.9 Å². The summed E-state index contributed by atoms with van der Waals surface area (Å²) in [6.07, 6.45) is 2.17.